The number of carbonyl (C=O) groups is 1. The topological polar surface area (TPSA) is 105 Å². The lowest BCUT2D eigenvalue weighted by atomic mass is 10.2. The van der Waals surface area contributed by atoms with Crippen molar-refractivity contribution in [3.05, 3.63) is 23.8 Å². The van der Waals surface area contributed by atoms with E-state index in [2.05, 4.69) is 0 Å². The maximum absolute atomic E-state index is 12.5. The molecule has 0 aromatic heterocycles. The first-order valence-electron chi connectivity index (χ1n) is 5.53. The minimum atomic E-state index is -3.44. The normalized spacial score (nSPS) is 11.4. The van der Waals surface area contributed by atoms with Crippen molar-refractivity contribution in [1.29, 1.82) is 0 Å². The molecule has 0 saturated heterocycles. The summed E-state index contributed by atoms with van der Waals surface area (Å²) >= 11 is 0. The molecule has 0 bridgehead atoms. The van der Waals surface area contributed by atoms with E-state index in [0.29, 0.717) is 0 Å². The molecule has 7 heteroatoms. The van der Waals surface area contributed by atoms with Gasteiger partial charge >= 0.3 is 7.60 Å². The Morgan fingerprint density at radius 1 is 1.28 bits per heavy atom. The third kappa shape index (κ3) is 3.10. The summed E-state index contributed by atoms with van der Waals surface area (Å²) < 4.78 is 22.8. The van der Waals surface area contributed by atoms with Gasteiger partial charge in [0, 0.05) is 11.3 Å². The molecule has 0 atom stereocenters. The number of nitrogen functional groups attached to an aromatic ring is 1. The number of benzene rings is 1. The fourth-order valence-electron chi connectivity index (χ4n) is 1.47. The van der Waals surface area contributed by atoms with Gasteiger partial charge in [-0.05, 0) is 32.0 Å². The molecule has 0 aliphatic rings. The Balaban J connectivity index is 3.22. The molecule has 0 spiro atoms. The first kappa shape index (κ1) is 14.7. The van der Waals surface area contributed by atoms with Gasteiger partial charge in [0.15, 0.2) is 0 Å². The largest absolute Gasteiger partial charge is 0.398 e. The highest BCUT2D eigenvalue weighted by molar-refractivity contribution is 7.62. The standard InChI is InChI=1S/C11H17N2O4P/c1-3-16-18(15,17-4-2)10-6-5-8(11(13)14)7-9(10)12/h5-7H,3-4,12H2,1-2H3,(H2,13,14). The predicted molar refractivity (Wildman–Crippen MR) is 69.9 cm³/mol. The van der Waals surface area contributed by atoms with Gasteiger partial charge in [-0.3, -0.25) is 9.36 Å². The molecule has 1 amide bonds. The molecule has 0 radical (unpaired) electrons. The number of hydrogen-bond donors (Lipinski definition) is 2. The summed E-state index contributed by atoms with van der Waals surface area (Å²) in [6.45, 7) is 3.88. The summed E-state index contributed by atoms with van der Waals surface area (Å²) in [5, 5.41) is 0.246. The lowest BCUT2D eigenvalue weighted by molar-refractivity contribution is 0.1000. The van der Waals surface area contributed by atoms with Gasteiger partial charge in [0.05, 0.1) is 18.5 Å². The van der Waals surface area contributed by atoms with Crippen LogP contribution in [0.25, 0.3) is 0 Å². The van der Waals surface area contributed by atoms with Crippen LogP contribution in [0.3, 0.4) is 0 Å². The molecule has 1 aromatic rings. The van der Waals surface area contributed by atoms with Crippen LogP contribution < -0.4 is 16.8 Å². The van der Waals surface area contributed by atoms with E-state index in [1.165, 1.54) is 18.2 Å². The van der Waals surface area contributed by atoms with E-state index in [1.54, 1.807) is 13.8 Å². The lowest BCUT2D eigenvalue weighted by Crippen LogP contribution is -2.18. The summed E-state index contributed by atoms with van der Waals surface area (Å²) in [6, 6.07) is 4.25. The van der Waals surface area contributed by atoms with Crippen LogP contribution in [0.2, 0.25) is 0 Å². The highest BCUT2D eigenvalue weighted by atomic mass is 31.2. The molecular formula is C11H17N2O4P. The molecule has 100 valence electrons. The number of primary amides is 1. The van der Waals surface area contributed by atoms with Gasteiger partial charge in [-0.15, -0.1) is 0 Å². The van der Waals surface area contributed by atoms with Crippen LogP contribution in [0.15, 0.2) is 18.2 Å². The van der Waals surface area contributed by atoms with Gasteiger partial charge in [0.25, 0.3) is 0 Å². The molecule has 1 rings (SSSR count). The zero-order valence-corrected chi connectivity index (χ0v) is 11.3. The van der Waals surface area contributed by atoms with Crippen molar-refractivity contribution in [2.45, 2.75) is 13.8 Å². The van der Waals surface area contributed by atoms with E-state index < -0.39 is 13.5 Å². The molecule has 18 heavy (non-hydrogen) atoms. The average Bonchev–Trinajstić information content (AvgIpc) is 2.29. The summed E-state index contributed by atoms with van der Waals surface area (Å²) in [5.74, 6) is -0.601. The Kier molecular flexibility index (Phi) is 4.90. The van der Waals surface area contributed by atoms with Gasteiger partial charge in [-0.25, -0.2) is 0 Å². The predicted octanol–water partition coefficient (Wildman–Crippen LogP) is 1.26. The molecule has 0 aliphatic carbocycles. The molecule has 0 heterocycles. The highest BCUT2D eigenvalue weighted by Crippen LogP contribution is 2.48. The molecule has 1 aromatic carbocycles. The molecule has 0 fully saturated rings. The smallest absolute Gasteiger partial charge is 0.363 e. The number of amides is 1. The highest BCUT2D eigenvalue weighted by Gasteiger charge is 2.29. The van der Waals surface area contributed by atoms with Crippen LogP contribution in [-0.4, -0.2) is 19.1 Å². The zero-order valence-electron chi connectivity index (χ0n) is 10.4. The second kappa shape index (κ2) is 6.00. The second-order valence-corrected chi connectivity index (χ2v) is 5.46. The van der Waals surface area contributed by atoms with Crippen LogP contribution in [0.4, 0.5) is 5.69 Å². The number of carbonyl (C=O) groups excluding carboxylic acids is 1. The van der Waals surface area contributed by atoms with Crippen LogP contribution in [0, 0.1) is 0 Å². The van der Waals surface area contributed by atoms with Gasteiger partial charge < -0.3 is 20.5 Å². The summed E-state index contributed by atoms with van der Waals surface area (Å²) in [5.41, 5.74) is 11.3. The van der Waals surface area contributed by atoms with Crippen LogP contribution in [-0.2, 0) is 13.6 Å². The fourth-order valence-corrected chi connectivity index (χ4v) is 3.14. The Morgan fingerprint density at radius 3 is 2.22 bits per heavy atom. The Morgan fingerprint density at radius 2 is 1.83 bits per heavy atom. The Labute approximate surface area is 106 Å². The summed E-state index contributed by atoms with van der Waals surface area (Å²) in [6.07, 6.45) is 0. The molecular weight excluding hydrogens is 255 g/mol. The Bertz CT molecular complexity index is 480. The van der Waals surface area contributed by atoms with Crippen LogP contribution in [0.5, 0.6) is 0 Å². The van der Waals surface area contributed by atoms with Gasteiger partial charge in [-0.2, -0.15) is 0 Å². The van der Waals surface area contributed by atoms with Crippen molar-refractivity contribution in [2.24, 2.45) is 5.73 Å². The van der Waals surface area contributed by atoms with Gasteiger partial charge in [0.1, 0.15) is 0 Å². The second-order valence-electron chi connectivity index (χ2n) is 3.47. The minimum absolute atomic E-state index is 0.163. The number of hydrogen-bond acceptors (Lipinski definition) is 5. The van der Waals surface area contributed by atoms with Crippen molar-refractivity contribution in [2.75, 3.05) is 18.9 Å². The van der Waals surface area contributed by atoms with Gasteiger partial charge in [-0.1, -0.05) is 0 Å². The minimum Gasteiger partial charge on any atom is -0.398 e. The molecule has 0 aliphatic heterocycles. The van der Waals surface area contributed by atoms with E-state index in [1.807, 2.05) is 0 Å². The fraction of sp³-hybridized carbons (Fsp3) is 0.364. The van der Waals surface area contributed by atoms with Crippen molar-refractivity contribution >= 4 is 24.5 Å². The first-order chi connectivity index (χ1) is 8.44. The van der Waals surface area contributed by atoms with Crippen molar-refractivity contribution in [3.63, 3.8) is 0 Å². The zero-order chi connectivity index (χ0) is 13.8. The van der Waals surface area contributed by atoms with Crippen molar-refractivity contribution in [1.82, 2.24) is 0 Å². The third-order valence-electron chi connectivity index (χ3n) is 2.21. The van der Waals surface area contributed by atoms with E-state index in [0.717, 1.165) is 0 Å². The summed E-state index contributed by atoms with van der Waals surface area (Å²) in [4.78, 5) is 11.0. The molecule has 0 saturated carbocycles. The number of anilines is 1. The van der Waals surface area contributed by atoms with Crippen molar-refractivity contribution in [3.8, 4) is 0 Å². The maximum atomic E-state index is 12.5. The van der Waals surface area contributed by atoms with Crippen molar-refractivity contribution < 1.29 is 18.4 Å². The maximum Gasteiger partial charge on any atom is 0.363 e. The monoisotopic (exact) mass is 272 g/mol. The number of rotatable bonds is 6. The lowest BCUT2D eigenvalue weighted by Gasteiger charge is -2.18. The number of nitrogens with two attached hydrogens (primary N) is 2. The SMILES string of the molecule is CCOP(=O)(OCC)c1ccc(C(N)=O)cc1N. The van der Waals surface area contributed by atoms with Crippen LogP contribution in [0.1, 0.15) is 24.2 Å². The van der Waals surface area contributed by atoms with E-state index in [-0.39, 0.29) is 29.8 Å². The van der Waals surface area contributed by atoms with E-state index in [9.17, 15) is 9.36 Å². The van der Waals surface area contributed by atoms with E-state index in [4.69, 9.17) is 20.5 Å². The van der Waals surface area contributed by atoms with Gasteiger partial charge in [0.2, 0.25) is 5.91 Å². The average molecular weight is 272 g/mol. The summed E-state index contributed by atoms with van der Waals surface area (Å²) in [7, 11) is -3.44. The van der Waals surface area contributed by atoms with E-state index >= 15 is 0 Å². The first-order valence-corrected chi connectivity index (χ1v) is 7.08. The molecule has 4 N–H and O–H groups in total. The Hall–Kier alpha value is -1.36. The molecule has 6 nitrogen and oxygen atoms in total. The third-order valence-corrected chi connectivity index (χ3v) is 4.40. The molecule has 0 unspecified atom stereocenters. The van der Waals surface area contributed by atoms with Crippen LogP contribution >= 0.6 is 7.60 Å². The quantitative estimate of drug-likeness (QED) is 0.599.